The Morgan fingerprint density at radius 3 is 2.38 bits per heavy atom. The van der Waals surface area contributed by atoms with Gasteiger partial charge in [0.2, 0.25) is 0 Å². The lowest BCUT2D eigenvalue weighted by Crippen LogP contribution is -1.98. The van der Waals surface area contributed by atoms with Gasteiger partial charge in [-0.25, -0.2) is 0 Å². The molecule has 0 bridgehead atoms. The fraction of sp³-hybridized carbons (Fsp3) is 0.0870. The molecular formula is C23H18N2O. The van der Waals surface area contributed by atoms with Gasteiger partial charge >= 0.3 is 0 Å². The van der Waals surface area contributed by atoms with Crippen LogP contribution in [-0.2, 0) is 13.2 Å². The van der Waals surface area contributed by atoms with Crippen molar-refractivity contribution in [3.05, 3.63) is 95.7 Å². The molecule has 4 rings (SSSR count). The Morgan fingerprint density at radius 1 is 0.885 bits per heavy atom. The van der Waals surface area contributed by atoms with E-state index in [1.54, 1.807) is 0 Å². The average molecular weight is 338 g/mol. The van der Waals surface area contributed by atoms with Crippen LogP contribution in [0.2, 0.25) is 0 Å². The van der Waals surface area contributed by atoms with Gasteiger partial charge in [-0.05, 0) is 28.8 Å². The van der Waals surface area contributed by atoms with Crippen LogP contribution in [0.1, 0.15) is 16.7 Å². The van der Waals surface area contributed by atoms with Crippen LogP contribution >= 0.6 is 0 Å². The Hall–Kier alpha value is -3.35. The standard InChI is InChI=1S/C23H18N2O/c24-13-19-5-1-2-6-21(19)18-11-9-17(10-12-18)14-25-15-20(16-26)22-7-3-4-8-23(22)25/h1-12,15,26H,14,16H2. The van der Waals surface area contributed by atoms with E-state index in [0.717, 1.165) is 34.1 Å². The number of aliphatic hydroxyl groups is 1. The lowest BCUT2D eigenvalue weighted by Gasteiger charge is -2.08. The molecule has 0 amide bonds. The highest BCUT2D eigenvalue weighted by molar-refractivity contribution is 5.84. The topological polar surface area (TPSA) is 49.0 Å². The highest BCUT2D eigenvalue weighted by Crippen LogP contribution is 2.25. The minimum Gasteiger partial charge on any atom is -0.392 e. The van der Waals surface area contributed by atoms with Crippen LogP contribution in [0.5, 0.6) is 0 Å². The predicted octanol–water partition coefficient (Wildman–Crippen LogP) is 4.72. The van der Waals surface area contributed by atoms with Gasteiger partial charge in [-0.15, -0.1) is 0 Å². The van der Waals surface area contributed by atoms with E-state index in [2.05, 4.69) is 41.0 Å². The number of rotatable bonds is 4. The van der Waals surface area contributed by atoms with Crippen molar-refractivity contribution in [1.82, 2.24) is 4.57 Å². The Balaban J connectivity index is 1.66. The first-order valence-corrected chi connectivity index (χ1v) is 8.56. The van der Waals surface area contributed by atoms with E-state index >= 15 is 0 Å². The molecule has 0 saturated carbocycles. The Morgan fingerprint density at radius 2 is 1.62 bits per heavy atom. The molecule has 4 aromatic rings. The predicted molar refractivity (Wildman–Crippen MR) is 104 cm³/mol. The van der Waals surface area contributed by atoms with Gasteiger partial charge in [-0.3, -0.25) is 0 Å². The molecule has 3 heteroatoms. The molecule has 0 aliphatic rings. The first kappa shape index (κ1) is 16.1. The summed E-state index contributed by atoms with van der Waals surface area (Å²) in [5, 5.41) is 20.0. The molecule has 0 radical (unpaired) electrons. The third-order valence-corrected chi connectivity index (χ3v) is 4.71. The van der Waals surface area contributed by atoms with Crippen LogP contribution in [0.25, 0.3) is 22.0 Å². The summed E-state index contributed by atoms with van der Waals surface area (Å²) in [5.41, 5.74) is 5.92. The highest BCUT2D eigenvalue weighted by atomic mass is 16.3. The monoisotopic (exact) mass is 338 g/mol. The second kappa shape index (κ2) is 6.87. The summed E-state index contributed by atoms with van der Waals surface area (Å²) in [7, 11) is 0. The maximum absolute atomic E-state index is 9.59. The van der Waals surface area contributed by atoms with E-state index in [1.165, 1.54) is 5.56 Å². The molecule has 0 unspecified atom stereocenters. The Bertz CT molecular complexity index is 1100. The molecule has 126 valence electrons. The largest absolute Gasteiger partial charge is 0.392 e. The fourth-order valence-electron chi connectivity index (χ4n) is 3.40. The van der Waals surface area contributed by atoms with Crippen molar-refractivity contribution < 1.29 is 5.11 Å². The highest BCUT2D eigenvalue weighted by Gasteiger charge is 2.08. The van der Waals surface area contributed by atoms with Crippen LogP contribution < -0.4 is 0 Å². The normalized spacial score (nSPS) is 10.8. The minimum absolute atomic E-state index is 0.0391. The van der Waals surface area contributed by atoms with E-state index in [0.29, 0.717) is 5.56 Å². The van der Waals surface area contributed by atoms with Crippen molar-refractivity contribution >= 4 is 10.9 Å². The smallest absolute Gasteiger partial charge is 0.0998 e. The molecule has 1 aromatic heterocycles. The van der Waals surface area contributed by atoms with Crippen molar-refractivity contribution in [3.8, 4) is 17.2 Å². The summed E-state index contributed by atoms with van der Waals surface area (Å²) in [6.45, 7) is 0.776. The second-order valence-corrected chi connectivity index (χ2v) is 6.31. The zero-order valence-corrected chi connectivity index (χ0v) is 14.3. The van der Waals surface area contributed by atoms with Gasteiger partial charge < -0.3 is 9.67 Å². The van der Waals surface area contributed by atoms with Crippen LogP contribution in [0.3, 0.4) is 0 Å². The van der Waals surface area contributed by atoms with Crippen molar-refractivity contribution in [2.75, 3.05) is 0 Å². The number of fused-ring (bicyclic) bond motifs is 1. The zero-order valence-electron chi connectivity index (χ0n) is 14.3. The molecule has 1 N–H and O–H groups in total. The van der Waals surface area contributed by atoms with Crippen LogP contribution in [0.4, 0.5) is 0 Å². The molecule has 0 saturated heterocycles. The average Bonchev–Trinajstić information content (AvgIpc) is 3.06. The fourth-order valence-corrected chi connectivity index (χ4v) is 3.40. The summed E-state index contributed by atoms with van der Waals surface area (Å²) >= 11 is 0. The van der Waals surface area contributed by atoms with Gasteiger partial charge in [-0.2, -0.15) is 5.26 Å². The molecular weight excluding hydrogens is 320 g/mol. The van der Waals surface area contributed by atoms with E-state index < -0.39 is 0 Å². The molecule has 0 atom stereocenters. The lowest BCUT2D eigenvalue weighted by atomic mass is 9.99. The maximum atomic E-state index is 9.59. The van der Waals surface area contributed by atoms with E-state index in [1.807, 2.05) is 48.7 Å². The number of aliphatic hydroxyl groups excluding tert-OH is 1. The SMILES string of the molecule is N#Cc1ccccc1-c1ccc(Cn2cc(CO)c3ccccc32)cc1. The lowest BCUT2D eigenvalue weighted by molar-refractivity contribution is 0.283. The summed E-state index contributed by atoms with van der Waals surface area (Å²) in [4.78, 5) is 0. The number of aromatic nitrogens is 1. The first-order valence-electron chi connectivity index (χ1n) is 8.56. The number of nitrogens with zero attached hydrogens (tertiary/aromatic N) is 2. The van der Waals surface area contributed by atoms with Gasteiger partial charge in [0.05, 0.1) is 18.2 Å². The van der Waals surface area contributed by atoms with E-state index in [-0.39, 0.29) is 6.61 Å². The number of nitriles is 1. The summed E-state index contributed by atoms with van der Waals surface area (Å²) < 4.78 is 2.17. The minimum atomic E-state index is 0.0391. The molecule has 3 nitrogen and oxygen atoms in total. The van der Waals surface area contributed by atoms with Gasteiger partial charge in [0.15, 0.2) is 0 Å². The quantitative estimate of drug-likeness (QED) is 0.585. The van der Waals surface area contributed by atoms with E-state index in [9.17, 15) is 10.4 Å². The Kier molecular flexibility index (Phi) is 4.27. The van der Waals surface area contributed by atoms with E-state index in [4.69, 9.17) is 0 Å². The molecule has 3 aromatic carbocycles. The van der Waals surface area contributed by atoms with Gasteiger partial charge in [0.1, 0.15) is 0 Å². The summed E-state index contributed by atoms with van der Waals surface area (Å²) in [5.74, 6) is 0. The zero-order chi connectivity index (χ0) is 17.9. The van der Waals surface area contributed by atoms with Crippen molar-refractivity contribution in [3.63, 3.8) is 0 Å². The molecule has 0 aliphatic carbocycles. The molecule has 0 spiro atoms. The van der Waals surface area contributed by atoms with Gasteiger partial charge in [-0.1, -0.05) is 60.7 Å². The molecule has 0 fully saturated rings. The maximum Gasteiger partial charge on any atom is 0.0998 e. The van der Waals surface area contributed by atoms with Gasteiger partial charge in [0, 0.05) is 29.2 Å². The van der Waals surface area contributed by atoms with Crippen LogP contribution in [0.15, 0.2) is 79.0 Å². The summed E-state index contributed by atoms with van der Waals surface area (Å²) in [6, 6.07) is 26.3. The second-order valence-electron chi connectivity index (χ2n) is 6.31. The Labute approximate surface area is 152 Å². The number of para-hydroxylation sites is 1. The number of hydrogen-bond donors (Lipinski definition) is 1. The summed E-state index contributed by atoms with van der Waals surface area (Å²) in [6.07, 6.45) is 2.02. The first-order chi connectivity index (χ1) is 12.8. The van der Waals surface area contributed by atoms with Crippen LogP contribution in [0, 0.1) is 11.3 Å². The van der Waals surface area contributed by atoms with Crippen molar-refractivity contribution in [1.29, 1.82) is 5.26 Å². The van der Waals surface area contributed by atoms with Gasteiger partial charge in [0.25, 0.3) is 0 Å². The number of benzene rings is 3. The number of hydrogen-bond acceptors (Lipinski definition) is 2. The third-order valence-electron chi connectivity index (χ3n) is 4.71. The molecule has 26 heavy (non-hydrogen) atoms. The third kappa shape index (κ3) is 2.88. The molecule has 0 aliphatic heterocycles. The van der Waals surface area contributed by atoms with Crippen molar-refractivity contribution in [2.24, 2.45) is 0 Å². The molecule has 1 heterocycles. The van der Waals surface area contributed by atoms with Crippen LogP contribution in [-0.4, -0.2) is 9.67 Å². The van der Waals surface area contributed by atoms with Crippen molar-refractivity contribution in [2.45, 2.75) is 13.2 Å².